The van der Waals surface area contributed by atoms with E-state index in [1.54, 1.807) is 0 Å². The summed E-state index contributed by atoms with van der Waals surface area (Å²) in [7, 11) is 0. The first-order chi connectivity index (χ1) is 10.1. The van der Waals surface area contributed by atoms with E-state index in [0.29, 0.717) is 5.82 Å². The predicted molar refractivity (Wildman–Crippen MR) is 77.0 cm³/mol. The third-order valence-electron chi connectivity index (χ3n) is 3.10. The van der Waals surface area contributed by atoms with Crippen molar-refractivity contribution < 1.29 is 15.0 Å². The molecule has 0 bridgehead atoms. The van der Waals surface area contributed by atoms with E-state index in [4.69, 9.17) is 0 Å². The number of H-pyrrole nitrogens is 1. The molecule has 21 heavy (non-hydrogen) atoms. The van der Waals surface area contributed by atoms with E-state index in [1.807, 2.05) is 24.3 Å². The Labute approximate surface area is 120 Å². The van der Waals surface area contributed by atoms with Crippen LogP contribution in [0.5, 0.6) is 11.5 Å². The van der Waals surface area contributed by atoms with Crippen LogP contribution < -0.4 is 5.32 Å². The first-order valence-corrected chi connectivity index (χ1v) is 6.38. The lowest BCUT2D eigenvalue weighted by molar-refractivity contribution is 0.0944. The molecule has 0 saturated heterocycles. The second-order valence-corrected chi connectivity index (χ2v) is 4.55. The van der Waals surface area contributed by atoms with Gasteiger partial charge in [-0.05, 0) is 24.3 Å². The summed E-state index contributed by atoms with van der Waals surface area (Å²) >= 11 is 0. The first kappa shape index (κ1) is 13.0. The minimum atomic E-state index is -0.564. The Morgan fingerprint density at radius 3 is 2.52 bits per heavy atom. The van der Waals surface area contributed by atoms with Gasteiger partial charge in [-0.25, -0.2) is 4.98 Å². The molecule has 0 aliphatic carbocycles. The van der Waals surface area contributed by atoms with Crippen molar-refractivity contribution in [2.24, 2.45) is 0 Å². The molecule has 6 heteroatoms. The molecule has 2 aromatic carbocycles. The average molecular weight is 283 g/mol. The van der Waals surface area contributed by atoms with Crippen LogP contribution >= 0.6 is 0 Å². The van der Waals surface area contributed by atoms with Crippen molar-refractivity contribution in [2.45, 2.75) is 6.54 Å². The quantitative estimate of drug-likeness (QED) is 0.590. The van der Waals surface area contributed by atoms with Crippen molar-refractivity contribution in [3.05, 3.63) is 53.9 Å². The van der Waals surface area contributed by atoms with Crippen LogP contribution in [-0.2, 0) is 6.54 Å². The van der Waals surface area contributed by atoms with Crippen molar-refractivity contribution >= 4 is 16.9 Å². The lowest BCUT2D eigenvalue weighted by Crippen LogP contribution is -2.23. The lowest BCUT2D eigenvalue weighted by atomic mass is 10.1. The predicted octanol–water partition coefficient (Wildman–Crippen LogP) is 1.90. The van der Waals surface area contributed by atoms with Gasteiger partial charge in [0.1, 0.15) is 22.9 Å². The Balaban J connectivity index is 1.76. The summed E-state index contributed by atoms with van der Waals surface area (Å²) in [6.07, 6.45) is 0. The van der Waals surface area contributed by atoms with Crippen molar-refractivity contribution in [2.75, 3.05) is 0 Å². The fourth-order valence-corrected chi connectivity index (χ4v) is 2.10. The topological polar surface area (TPSA) is 98.2 Å². The standard InChI is InChI=1S/C15H13N3O3/c19-11-6-3-7-12(20)14(11)15(21)16-8-13-17-9-4-1-2-5-10(9)18-13/h1-7,19-20H,8H2,(H,16,21)(H,17,18). The largest absolute Gasteiger partial charge is 0.507 e. The summed E-state index contributed by atoms with van der Waals surface area (Å²) < 4.78 is 0. The van der Waals surface area contributed by atoms with Crippen LogP contribution in [0.25, 0.3) is 11.0 Å². The van der Waals surface area contributed by atoms with Gasteiger partial charge in [-0.1, -0.05) is 18.2 Å². The number of hydrogen-bond acceptors (Lipinski definition) is 4. The first-order valence-electron chi connectivity index (χ1n) is 6.38. The summed E-state index contributed by atoms with van der Waals surface area (Å²) in [5, 5.41) is 21.9. The number of para-hydroxylation sites is 2. The number of amides is 1. The van der Waals surface area contributed by atoms with E-state index < -0.39 is 5.91 Å². The molecule has 0 aliphatic heterocycles. The van der Waals surface area contributed by atoms with Crippen molar-refractivity contribution in [1.82, 2.24) is 15.3 Å². The normalized spacial score (nSPS) is 10.7. The van der Waals surface area contributed by atoms with Crippen molar-refractivity contribution in [3.63, 3.8) is 0 Å². The van der Waals surface area contributed by atoms with Gasteiger partial charge in [0, 0.05) is 0 Å². The zero-order valence-electron chi connectivity index (χ0n) is 11.0. The third-order valence-corrected chi connectivity index (χ3v) is 3.10. The van der Waals surface area contributed by atoms with E-state index in [9.17, 15) is 15.0 Å². The molecule has 0 fully saturated rings. The SMILES string of the molecule is O=C(NCc1nc2ccccc2[nH]1)c1c(O)cccc1O. The van der Waals surface area contributed by atoms with E-state index in [1.165, 1.54) is 18.2 Å². The minimum Gasteiger partial charge on any atom is -0.507 e. The molecular formula is C15H13N3O3. The Kier molecular flexibility index (Phi) is 3.19. The van der Waals surface area contributed by atoms with Gasteiger partial charge in [-0.15, -0.1) is 0 Å². The molecule has 0 radical (unpaired) electrons. The summed E-state index contributed by atoms with van der Waals surface area (Å²) in [6, 6.07) is 11.7. The number of hydrogen-bond donors (Lipinski definition) is 4. The molecular weight excluding hydrogens is 270 g/mol. The summed E-state index contributed by atoms with van der Waals surface area (Å²) in [5.41, 5.74) is 1.55. The highest BCUT2D eigenvalue weighted by Crippen LogP contribution is 2.25. The summed E-state index contributed by atoms with van der Waals surface area (Å²) in [6.45, 7) is 0.168. The maximum atomic E-state index is 12.0. The molecule has 4 N–H and O–H groups in total. The molecule has 3 rings (SSSR count). The van der Waals surface area contributed by atoms with Gasteiger partial charge < -0.3 is 20.5 Å². The Bertz CT molecular complexity index is 758. The van der Waals surface area contributed by atoms with Gasteiger partial charge in [-0.3, -0.25) is 4.79 Å². The number of imidazole rings is 1. The van der Waals surface area contributed by atoms with Gasteiger partial charge >= 0.3 is 0 Å². The number of carbonyl (C=O) groups excluding carboxylic acids is 1. The van der Waals surface area contributed by atoms with Crippen LogP contribution in [0, 0.1) is 0 Å². The summed E-state index contributed by atoms with van der Waals surface area (Å²) in [5.74, 6) is -0.500. The zero-order valence-corrected chi connectivity index (χ0v) is 11.0. The number of phenols is 2. The zero-order chi connectivity index (χ0) is 14.8. The Morgan fingerprint density at radius 1 is 1.10 bits per heavy atom. The van der Waals surface area contributed by atoms with Gasteiger partial charge in [0.15, 0.2) is 0 Å². The molecule has 1 amide bonds. The number of fused-ring (bicyclic) bond motifs is 1. The highest BCUT2D eigenvalue weighted by molar-refractivity contribution is 5.99. The van der Waals surface area contributed by atoms with Gasteiger partial charge in [0.25, 0.3) is 5.91 Å². The highest BCUT2D eigenvalue weighted by Gasteiger charge is 2.16. The number of nitrogens with zero attached hydrogens (tertiary/aromatic N) is 1. The third kappa shape index (κ3) is 2.51. The van der Waals surface area contributed by atoms with E-state index in [-0.39, 0.29) is 23.6 Å². The molecule has 0 aliphatic rings. The smallest absolute Gasteiger partial charge is 0.259 e. The van der Waals surface area contributed by atoms with Crippen molar-refractivity contribution in [3.8, 4) is 11.5 Å². The fourth-order valence-electron chi connectivity index (χ4n) is 2.10. The van der Waals surface area contributed by atoms with Gasteiger partial charge in [0.2, 0.25) is 0 Å². The molecule has 106 valence electrons. The molecule has 0 spiro atoms. The van der Waals surface area contributed by atoms with Gasteiger partial charge in [0.05, 0.1) is 17.6 Å². The van der Waals surface area contributed by atoms with Crippen LogP contribution in [0.1, 0.15) is 16.2 Å². The second kappa shape index (κ2) is 5.16. The molecule has 0 atom stereocenters. The Morgan fingerprint density at radius 2 is 1.81 bits per heavy atom. The summed E-state index contributed by atoms with van der Waals surface area (Å²) in [4.78, 5) is 19.4. The number of carbonyl (C=O) groups is 1. The number of rotatable bonds is 3. The molecule has 3 aromatic rings. The molecule has 1 heterocycles. The van der Waals surface area contributed by atoms with E-state index >= 15 is 0 Å². The fraction of sp³-hybridized carbons (Fsp3) is 0.0667. The van der Waals surface area contributed by atoms with Crippen LogP contribution in [0.15, 0.2) is 42.5 Å². The molecule has 1 aromatic heterocycles. The number of aromatic nitrogens is 2. The number of benzene rings is 2. The van der Waals surface area contributed by atoms with Crippen LogP contribution in [0.4, 0.5) is 0 Å². The average Bonchev–Trinajstić information content (AvgIpc) is 2.87. The Hall–Kier alpha value is -3.02. The van der Waals surface area contributed by atoms with Gasteiger partial charge in [-0.2, -0.15) is 0 Å². The maximum absolute atomic E-state index is 12.0. The minimum absolute atomic E-state index is 0.145. The highest BCUT2D eigenvalue weighted by atomic mass is 16.3. The second-order valence-electron chi connectivity index (χ2n) is 4.55. The maximum Gasteiger partial charge on any atom is 0.259 e. The van der Waals surface area contributed by atoms with Crippen molar-refractivity contribution in [1.29, 1.82) is 0 Å². The molecule has 0 unspecified atom stereocenters. The molecule has 0 saturated carbocycles. The monoisotopic (exact) mass is 283 g/mol. The number of aromatic amines is 1. The molecule has 6 nitrogen and oxygen atoms in total. The van der Waals surface area contributed by atoms with Crippen LogP contribution in [0.3, 0.4) is 0 Å². The lowest BCUT2D eigenvalue weighted by Gasteiger charge is -2.07. The number of phenolic OH excluding ortho intramolecular Hbond substituents is 2. The van der Waals surface area contributed by atoms with Crippen LogP contribution in [0.2, 0.25) is 0 Å². The number of aromatic hydroxyl groups is 2. The van der Waals surface area contributed by atoms with E-state index in [2.05, 4.69) is 15.3 Å². The number of nitrogens with one attached hydrogen (secondary N) is 2. The van der Waals surface area contributed by atoms with Crippen LogP contribution in [-0.4, -0.2) is 26.1 Å². The van der Waals surface area contributed by atoms with E-state index in [0.717, 1.165) is 11.0 Å².